The molecular formula is C16H18F3N5O. The van der Waals surface area contributed by atoms with Gasteiger partial charge in [0.2, 0.25) is 0 Å². The van der Waals surface area contributed by atoms with E-state index in [1.54, 1.807) is 0 Å². The Balaban J connectivity index is 1.75. The Kier molecular flexibility index (Phi) is 4.76. The van der Waals surface area contributed by atoms with E-state index in [4.69, 9.17) is 0 Å². The SMILES string of the molecule is CC1CNCCC1NC(=O)c1cn(-c2cccc(C(F)(F)F)c2)nn1. The lowest BCUT2D eigenvalue weighted by Crippen LogP contribution is -2.48. The van der Waals surface area contributed by atoms with E-state index in [0.717, 1.165) is 36.3 Å². The molecule has 0 radical (unpaired) electrons. The van der Waals surface area contributed by atoms with Crippen LogP contribution in [-0.4, -0.2) is 40.0 Å². The van der Waals surface area contributed by atoms with Crippen molar-refractivity contribution in [3.05, 3.63) is 41.7 Å². The molecule has 0 aliphatic carbocycles. The van der Waals surface area contributed by atoms with Gasteiger partial charge in [-0.05, 0) is 43.6 Å². The van der Waals surface area contributed by atoms with Crippen molar-refractivity contribution in [2.45, 2.75) is 25.6 Å². The summed E-state index contributed by atoms with van der Waals surface area (Å²) in [7, 11) is 0. The zero-order chi connectivity index (χ0) is 18.0. The maximum Gasteiger partial charge on any atom is 0.416 e. The molecule has 2 unspecified atom stereocenters. The summed E-state index contributed by atoms with van der Waals surface area (Å²) in [6.45, 7) is 3.69. The molecule has 1 aliphatic rings. The Bertz CT molecular complexity index is 758. The van der Waals surface area contributed by atoms with Gasteiger partial charge in [0.15, 0.2) is 5.69 Å². The number of alkyl halides is 3. The third-order valence-corrected chi connectivity index (χ3v) is 4.27. The third kappa shape index (κ3) is 3.98. The lowest BCUT2D eigenvalue weighted by atomic mass is 9.95. The maximum atomic E-state index is 12.8. The molecule has 1 fully saturated rings. The van der Waals surface area contributed by atoms with Gasteiger partial charge in [-0.2, -0.15) is 13.2 Å². The van der Waals surface area contributed by atoms with E-state index >= 15 is 0 Å². The normalized spacial score (nSPS) is 21.1. The van der Waals surface area contributed by atoms with E-state index in [1.165, 1.54) is 18.3 Å². The number of carbonyl (C=O) groups excluding carboxylic acids is 1. The second-order valence-electron chi connectivity index (χ2n) is 6.15. The second-order valence-corrected chi connectivity index (χ2v) is 6.15. The number of halogens is 3. The monoisotopic (exact) mass is 353 g/mol. The predicted octanol–water partition coefficient (Wildman–Crippen LogP) is 2.01. The molecule has 2 heterocycles. The number of amides is 1. The molecule has 134 valence electrons. The van der Waals surface area contributed by atoms with Gasteiger partial charge in [-0.3, -0.25) is 4.79 Å². The van der Waals surface area contributed by atoms with Crippen LogP contribution in [0.3, 0.4) is 0 Å². The van der Waals surface area contributed by atoms with E-state index < -0.39 is 11.7 Å². The number of carbonyl (C=O) groups is 1. The molecule has 0 saturated carbocycles. The lowest BCUT2D eigenvalue weighted by Gasteiger charge is -2.29. The van der Waals surface area contributed by atoms with Gasteiger partial charge < -0.3 is 10.6 Å². The highest BCUT2D eigenvalue weighted by molar-refractivity contribution is 5.92. The number of aromatic nitrogens is 3. The number of piperidine rings is 1. The van der Waals surface area contributed by atoms with Crippen LogP contribution in [-0.2, 0) is 6.18 Å². The first-order valence-electron chi connectivity index (χ1n) is 7.96. The molecule has 1 amide bonds. The van der Waals surface area contributed by atoms with Crippen LogP contribution in [0.1, 0.15) is 29.4 Å². The van der Waals surface area contributed by atoms with Gasteiger partial charge in [0.25, 0.3) is 5.91 Å². The summed E-state index contributed by atoms with van der Waals surface area (Å²) in [6, 6.07) is 4.74. The number of hydrogen-bond acceptors (Lipinski definition) is 4. The van der Waals surface area contributed by atoms with E-state index in [-0.39, 0.29) is 29.2 Å². The molecule has 1 aromatic carbocycles. The van der Waals surface area contributed by atoms with Gasteiger partial charge in [-0.1, -0.05) is 18.2 Å². The van der Waals surface area contributed by atoms with Crippen molar-refractivity contribution in [1.29, 1.82) is 0 Å². The molecule has 25 heavy (non-hydrogen) atoms. The average molecular weight is 353 g/mol. The van der Waals surface area contributed by atoms with Crippen molar-refractivity contribution < 1.29 is 18.0 Å². The Labute approximate surface area is 142 Å². The van der Waals surface area contributed by atoms with E-state index in [0.29, 0.717) is 0 Å². The topological polar surface area (TPSA) is 71.8 Å². The first-order valence-corrected chi connectivity index (χ1v) is 7.96. The van der Waals surface area contributed by atoms with Crippen LogP contribution in [0.25, 0.3) is 5.69 Å². The van der Waals surface area contributed by atoms with Crippen molar-refractivity contribution in [2.75, 3.05) is 13.1 Å². The first kappa shape index (κ1) is 17.4. The van der Waals surface area contributed by atoms with Crippen molar-refractivity contribution in [2.24, 2.45) is 5.92 Å². The average Bonchev–Trinajstić information content (AvgIpc) is 3.06. The van der Waals surface area contributed by atoms with Crippen molar-refractivity contribution in [3.63, 3.8) is 0 Å². The number of nitrogens with one attached hydrogen (secondary N) is 2. The van der Waals surface area contributed by atoms with Gasteiger partial charge in [0.1, 0.15) is 0 Å². The minimum Gasteiger partial charge on any atom is -0.347 e. The van der Waals surface area contributed by atoms with Crippen molar-refractivity contribution in [1.82, 2.24) is 25.6 Å². The quantitative estimate of drug-likeness (QED) is 0.886. The fourth-order valence-corrected chi connectivity index (χ4v) is 2.79. The molecule has 2 atom stereocenters. The summed E-state index contributed by atoms with van der Waals surface area (Å²) in [5.74, 6) is -0.0896. The minimum atomic E-state index is -4.44. The molecule has 1 aromatic heterocycles. The van der Waals surface area contributed by atoms with Crippen LogP contribution in [0.2, 0.25) is 0 Å². The molecule has 1 saturated heterocycles. The van der Waals surface area contributed by atoms with Crippen LogP contribution in [0, 0.1) is 5.92 Å². The third-order valence-electron chi connectivity index (χ3n) is 4.27. The van der Waals surface area contributed by atoms with Crippen molar-refractivity contribution >= 4 is 5.91 Å². The number of benzene rings is 1. The Morgan fingerprint density at radius 2 is 2.20 bits per heavy atom. The Morgan fingerprint density at radius 1 is 1.40 bits per heavy atom. The highest BCUT2D eigenvalue weighted by atomic mass is 19.4. The first-order chi connectivity index (χ1) is 11.8. The summed E-state index contributed by atoms with van der Waals surface area (Å²) >= 11 is 0. The van der Waals surface area contributed by atoms with Crippen LogP contribution in [0.15, 0.2) is 30.5 Å². The predicted molar refractivity (Wildman–Crippen MR) is 84.3 cm³/mol. The number of rotatable bonds is 3. The molecule has 9 heteroatoms. The molecule has 6 nitrogen and oxygen atoms in total. The fraction of sp³-hybridized carbons (Fsp3) is 0.438. The zero-order valence-corrected chi connectivity index (χ0v) is 13.5. The van der Waals surface area contributed by atoms with Gasteiger partial charge in [0.05, 0.1) is 17.4 Å². The molecule has 0 bridgehead atoms. The Morgan fingerprint density at radius 3 is 2.92 bits per heavy atom. The van der Waals surface area contributed by atoms with Crippen LogP contribution >= 0.6 is 0 Å². The Hall–Kier alpha value is -2.42. The van der Waals surface area contributed by atoms with Gasteiger partial charge in [-0.15, -0.1) is 5.10 Å². The highest BCUT2D eigenvalue weighted by Gasteiger charge is 2.30. The lowest BCUT2D eigenvalue weighted by molar-refractivity contribution is -0.137. The molecule has 2 aromatic rings. The fourth-order valence-electron chi connectivity index (χ4n) is 2.79. The zero-order valence-electron chi connectivity index (χ0n) is 13.5. The van der Waals surface area contributed by atoms with Crippen molar-refractivity contribution in [3.8, 4) is 5.69 Å². The molecular weight excluding hydrogens is 335 g/mol. The standard InChI is InChI=1S/C16H18F3N5O/c1-10-8-20-6-5-13(10)21-15(25)14-9-24(23-22-14)12-4-2-3-11(7-12)16(17,18)19/h2-4,7,9-10,13,20H,5-6,8H2,1H3,(H,21,25). The molecule has 0 spiro atoms. The minimum absolute atomic E-state index is 0.0347. The largest absolute Gasteiger partial charge is 0.416 e. The van der Waals surface area contributed by atoms with E-state index in [1.807, 2.05) is 6.92 Å². The summed E-state index contributed by atoms with van der Waals surface area (Å²) in [5, 5.41) is 13.7. The van der Waals surface area contributed by atoms with Crippen LogP contribution in [0.5, 0.6) is 0 Å². The number of hydrogen-bond donors (Lipinski definition) is 2. The number of nitrogens with zero attached hydrogens (tertiary/aromatic N) is 3. The van der Waals surface area contributed by atoms with E-state index in [9.17, 15) is 18.0 Å². The summed E-state index contributed by atoms with van der Waals surface area (Å²) < 4.78 is 39.6. The summed E-state index contributed by atoms with van der Waals surface area (Å²) in [4.78, 5) is 12.3. The highest BCUT2D eigenvalue weighted by Crippen LogP contribution is 2.30. The smallest absolute Gasteiger partial charge is 0.347 e. The van der Waals surface area contributed by atoms with Crippen LogP contribution < -0.4 is 10.6 Å². The molecule has 2 N–H and O–H groups in total. The van der Waals surface area contributed by atoms with Gasteiger partial charge >= 0.3 is 6.18 Å². The van der Waals surface area contributed by atoms with Gasteiger partial charge in [-0.25, -0.2) is 4.68 Å². The summed E-state index contributed by atoms with van der Waals surface area (Å²) in [6.07, 6.45) is -2.30. The maximum absolute atomic E-state index is 12.8. The van der Waals surface area contributed by atoms with Gasteiger partial charge in [0, 0.05) is 6.04 Å². The van der Waals surface area contributed by atoms with Crippen LogP contribution in [0.4, 0.5) is 13.2 Å². The molecule has 3 rings (SSSR count). The second kappa shape index (κ2) is 6.83. The van der Waals surface area contributed by atoms with E-state index in [2.05, 4.69) is 20.9 Å². The molecule has 1 aliphatic heterocycles. The summed E-state index contributed by atoms with van der Waals surface area (Å²) in [5.41, 5.74) is -0.519.